The molecule has 240 valence electrons. The number of phenolic OH excluding ortho intramolecular Hbond substituents is 2. The Kier molecular flexibility index (Phi) is 8.44. The highest BCUT2D eigenvalue weighted by Crippen LogP contribution is 2.52. The maximum absolute atomic E-state index is 13.8. The lowest BCUT2D eigenvalue weighted by atomic mass is 9.72. The summed E-state index contributed by atoms with van der Waals surface area (Å²) in [6, 6.07) is 4.30. The molecule has 0 aromatic heterocycles. The number of aromatic hydroxyl groups is 2. The molecule has 0 radical (unpaired) electrons. The largest absolute Gasteiger partial charge is 0.507 e. The van der Waals surface area contributed by atoms with Gasteiger partial charge in [-0.25, -0.2) is 0 Å². The van der Waals surface area contributed by atoms with Crippen LogP contribution in [0, 0.1) is 0 Å². The number of aliphatic hydroxyl groups is 2. The molecule has 14 heteroatoms. The number of ketones is 3. The topological polar surface area (TPSA) is 212 Å². The van der Waals surface area contributed by atoms with Gasteiger partial charge >= 0.3 is 11.9 Å². The zero-order valence-corrected chi connectivity index (χ0v) is 24.8. The highest BCUT2D eigenvalue weighted by atomic mass is 16.7. The van der Waals surface area contributed by atoms with Crippen molar-refractivity contribution in [3.05, 3.63) is 51.6 Å². The van der Waals surface area contributed by atoms with E-state index in [1.165, 1.54) is 39.2 Å². The maximum Gasteiger partial charge on any atom is 0.303 e. The molecule has 2 aliphatic carbocycles. The molecule has 14 nitrogen and oxygen atoms in total. The summed E-state index contributed by atoms with van der Waals surface area (Å²) in [5.74, 6) is -5.40. The van der Waals surface area contributed by atoms with Crippen LogP contribution in [-0.4, -0.2) is 93.6 Å². The van der Waals surface area contributed by atoms with Gasteiger partial charge in [-0.3, -0.25) is 24.0 Å². The fourth-order valence-electron chi connectivity index (χ4n) is 6.36. The molecule has 3 aliphatic rings. The van der Waals surface area contributed by atoms with E-state index < -0.39 is 108 Å². The van der Waals surface area contributed by atoms with Crippen LogP contribution < -0.4 is 4.74 Å². The molecule has 2 aromatic carbocycles. The molecule has 0 unspecified atom stereocenters. The zero-order chi connectivity index (χ0) is 33.0. The van der Waals surface area contributed by atoms with E-state index in [1.807, 2.05) is 0 Å². The number of aliphatic hydroxyl groups excluding tert-OH is 1. The van der Waals surface area contributed by atoms with Crippen LogP contribution in [0.2, 0.25) is 0 Å². The number of Topliss-reactive ketones (excluding diaryl/α,β-unsaturated/α-hetero) is 1. The van der Waals surface area contributed by atoms with Gasteiger partial charge in [0.1, 0.15) is 35.6 Å². The van der Waals surface area contributed by atoms with Crippen LogP contribution in [0.3, 0.4) is 0 Å². The summed E-state index contributed by atoms with van der Waals surface area (Å²) in [5.41, 5.74) is -4.04. The van der Waals surface area contributed by atoms with Crippen molar-refractivity contribution in [1.29, 1.82) is 0 Å². The predicted octanol–water partition coefficient (Wildman–Crippen LogP) is 1.18. The highest BCUT2D eigenvalue weighted by molar-refractivity contribution is 6.31. The number of phenols is 2. The van der Waals surface area contributed by atoms with Crippen LogP contribution in [-0.2, 0) is 39.8 Å². The van der Waals surface area contributed by atoms with Gasteiger partial charge < -0.3 is 44.1 Å². The Morgan fingerprint density at radius 2 is 1.67 bits per heavy atom. The van der Waals surface area contributed by atoms with Crippen molar-refractivity contribution in [3.8, 4) is 17.2 Å². The van der Waals surface area contributed by atoms with Crippen molar-refractivity contribution in [2.24, 2.45) is 0 Å². The number of carbonyl (C=O) groups excluding carboxylic acids is 5. The SMILES string of the molecule is COc1cccc2c1C(=O)c1c(O)c3c(c(O)c1C2=O)C[C@@](O)(C(=O)CO)C[C@H]3O[C@H]1C[C@@H](OC(C)=O)[C@H](OC(C)=O)[C@H](C)O1. The van der Waals surface area contributed by atoms with Gasteiger partial charge in [0, 0.05) is 49.8 Å². The van der Waals surface area contributed by atoms with Crippen molar-refractivity contribution >= 4 is 29.3 Å². The lowest BCUT2D eigenvalue weighted by Crippen LogP contribution is -2.52. The van der Waals surface area contributed by atoms with Gasteiger partial charge in [-0.05, 0) is 13.0 Å². The van der Waals surface area contributed by atoms with Gasteiger partial charge in [0.25, 0.3) is 0 Å². The second kappa shape index (κ2) is 11.9. The number of benzene rings is 2. The Morgan fingerprint density at radius 1 is 1.00 bits per heavy atom. The van der Waals surface area contributed by atoms with Crippen molar-refractivity contribution in [1.82, 2.24) is 0 Å². The quantitative estimate of drug-likeness (QED) is 0.214. The van der Waals surface area contributed by atoms with Crippen LogP contribution in [0.15, 0.2) is 18.2 Å². The minimum absolute atomic E-state index is 0.0623. The van der Waals surface area contributed by atoms with E-state index in [0.717, 1.165) is 6.92 Å². The molecular weight excluding hydrogens is 596 g/mol. The molecule has 1 aliphatic heterocycles. The number of methoxy groups -OCH3 is 1. The fourth-order valence-corrected chi connectivity index (χ4v) is 6.36. The molecule has 0 bridgehead atoms. The van der Waals surface area contributed by atoms with Crippen molar-refractivity contribution < 1.29 is 68.1 Å². The number of hydrogen-bond acceptors (Lipinski definition) is 14. The Labute approximate surface area is 256 Å². The maximum atomic E-state index is 13.8. The number of fused-ring (bicyclic) bond motifs is 3. The summed E-state index contributed by atoms with van der Waals surface area (Å²) in [4.78, 5) is 63.7. The number of carbonyl (C=O) groups is 5. The molecule has 0 amide bonds. The fraction of sp³-hybridized carbons (Fsp3) is 0.452. The highest BCUT2D eigenvalue weighted by Gasteiger charge is 2.51. The third kappa shape index (κ3) is 5.43. The van der Waals surface area contributed by atoms with E-state index in [1.54, 1.807) is 0 Å². The third-order valence-electron chi connectivity index (χ3n) is 8.29. The monoisotopic (exact) mass is 628 g/mol. The first-order valence-corrected chi connectivity index (χ1v) is 14.1. The number of rotatable bonds is 7. The summed E-state index contributed by atoms with van der Waals surface area (Å²) in [6.07, 6.45) is -7.02. The van der Waals surface area contributed by atoms with Gasteiger partial charge in [0.05, 0.1) is 36.0 Å². The summed E-state index contributed by atoms with van der Waals surface area (Å²) < 4.78 is 28.0. The Morgan fingerprint density at radius 3 is 2.29 bits per heavy atom. The average molecular weight is 629 g/mol. The standard InChI is InChI=1S/C31H32O14/c1-12-30(44-14(3)34)18(43-13(2)33)8-21(42-12)45-19-10-31(40,20(35)11-32)9-16-23(19)29(39)25-24(27(16)37)26(36)15-6-5-7-17(41-4)22(15)28(25)38/h5-7,12,18-19,21,30,32,37,39-40H,8-11H2,1-4H3/t12-,18+,19+,21-,30+,31-/m0/s1. The van der Waals surface area contributed by atoms with E-state index in [2.05, 4.69) is 0 Å². The summed E-state index contributed by atoms with van der Waals surface area (Å²) in [6.45, 7) is 2.80. The van der Waals surface area contributed by atoms with Gasteiger partial charge in [-0.1, -0.05) is 12.1 Å². The van der Waals surface area contributed by atoms with Gasteiger partial charge in [0.15, 0.2) is 24.0 Å². The molecule has 6 atom stereocenters. The number of esters is 2. The lowest BCUT2D eigenvalue weighted by Gasteiger charge is -2.43. The Balaban J connectivity index is 1.62. The predicted molar refractivity (Wildman–Crippen MR) is 149 cm³/mol. The molecule has 45 heavy (non-hydrogen) atoms. The minimum atomic E-state index is -2.33. The van der Waals surface area contributed by atoms with E-state index in [4.69, 9.17) is 23.7 Å². The van der Waals surface area contributed by atoms with Crippen LogP contribution in [0.1, 0.15) is 82.7 Å². The normalized spacial score (nSPS) is 27.1. The molecule has 5 rings (SSSR count). The van der Waals surface area contributed by atoms with Gasteiger partial charge in [-0.15, -0.1) is 0 Å². The summed E-state index contributed by atoms with van der Waals surface area (Å²) in [5, 5.41) is 44.1. The summed E-state index contributed by atoms with van der Waals surface area (Å²) in [7, 11) is 1.30. The molecule has 0 saturated carbocycles. The molecule has 0 spiro atoms. The molecule has 1 saturated heterocycles. The van der Waals surface area contributed by atoms with Crippen molar-refractivity contribution in [2.45, 2.75) is 76.3 Å². The second-order valence-corrected chi connectivity index (χ2v) is 11.2. The van der Waals surface area contributed by atoms with Crippen LogP contribution >= 0.6 is 0 Å². The molecule has 1 heterocycles. The van der Waals surface area contributed by atoms with Crippen LogP contribution in [0.5, 0.6) is 17.2 Å². The van der Waals surface area contributed by atoms with Crippen molar-refractivity contribution in [3.63, 3.8) is 0 Å². The number of ether oxygens (including phenoxy) is 5. The molecule has 4 N–H and O–H groups in total. The molecule has 1 fully saturated rings. The second-order valence-electron chi connectivity index (χ2n) is 11.2. The van der Waals surface area contributed by atoms with E-state index >= 15 is 0 Å². The first-order chi connectivity index (χ1) is 21.2. The zero-order valence-electron chi connectivity index (χ0n) is 24.8. The Bertz CT molecular complexity index is 1610. The first-order valence-electron chi connectivity index (χ1n) is 14.1. The first kappa shape index (κ1) is 32.0. The third-order valence-corrected chi connectivity index (χ3v) is 8.29. The van der Waals surface area contributed by atoms with Gasteiger partial charge in [-0.2, -0.15) is 0 Å². The van der Waals surface area contributed by atoms with Crippen LogP contribution in [0.4, 0.5) is 0 Å². The van der Waals surface area contributed by atoms with E-state index in [9.17, 15) is 44.4 Å². The summed E-state index contributed by atoms with van der Waals surface area (Å²) >= 11 is 0. The van der Waals surface area contributed by atoms with Crippen LogP contribution in [0.25, 0.3) is 0 Å². The lowest BCUT2D eigenvalue weighted by molar-refractivity contribution is -0.272. The smallest absolute Gasteiger partial charge is 0.303 e. The van der Waals surface area contributed by atoms with Crippen molar-refractivity contribution in [2.75, 3.05) is 13.7 Å². The van der Waals surface area contributed by atoms with E-state index in [0.29, 0.717) is 0 Å². The Hall–Kier alpha value is -4.37. The molecular formula is C31H32O14. The average Bonchev–Trinajstić information content (AvgIpc) is 2.97. The molecule has 2 aromatic rings. The van der Waals surface area contributed by atoms with E-state index in [-0.39, 0.29) is 34.4 Å². The van der Waals surface area contributed by atoms with Gasteiger partial charge in [0.2, 0.25) is 5.78 Å². The number of hydrogen-bond donors (Lipinski definition) is 4. The minimum Gasteiger partial charge on any atom is -0.507 e.